The highest BCUT2D eigenvalue weighted by Gasteiger charge is 2.16. The minimum Gasteiger partial charge on any atom is -0.494 e. The van der Waals surface area contributed by atoms with E-state index in [2.05, 4.69) is 21.2 Å². The van der Waals surface area contributed by atoms with E-state index in [-0.39, 0.29) is 5.91 Å². The van der Waals surface area contributed by atoms with Gasteiger partial charge < -0.3 is 14.8 Å². The summed E-state index contributed by atoms with van der Waals surface area (Å²) in [5.41, 5.74) is 1.83. The number of amides is 1. The van der Waals surface area contributed by atoms with Gasteiger partial charge >= 0.3 is 0 Å². The molecule has 1 unspecified atom stereocenters. The van der Waals surface area contributed by atoms with E-state index < -0.39 is 6.10 Å². The van der Waals surface area contributed by atoms with E-state index in [0.717, 1.165) is 15.8 Å². The molecule has 0 fully saturated rings. The summed E-state index contributed by atoms with van der Waals surface area (Å²) >= 11 is 3.44. The monoisotopic (exact) mass is 377 g/mol. The quantitative estimate of drug-likeness (QED) is 0.802. The zero-order chi connectivity index (χ0) is 16.8. The zero-order valence-electron chi connectivity index (χ0n) is 13.4. The zero-order valence-corrected chi connectivity index (χ0v) is 15.0. The van der Waals surface area contributed by atoms with E-state index in [1.807, 2.05) is 44.2 Å². The Labute approximate surface area is 144 Å². The lowest BCUT2D eigenvalue weighted by Crippen LogP contribution is -2.30. The van der Waals surface area contributed by atoms with Crippen LogP contribution >= 0.6 is 15.9 Å². The molecule has 0 saturated carbocycles. The molecule has 2 rings (SSSR count). The number of halogens is 1. The number of hydrogen-bond acceptors (Lipinski definition) is 3. The second kappa shape index (κ2) is 8.02. The predicted octanol–water partition coefficient (Wildman–Crippen LogP) is 4.56. The number of carbonyl (C=O) groups excluding carboxylic acids is 1. The van der Waals surface area contributed by atoms with Crippen molar-refractivity contribution in [2.45, 2.75) is 26.9 Å². The van der Waals surface area contributed by atoms with Gasteiger partial charge in [0.15, 0.2) is 6.10 Å². The van der Waals surface area contributed by atoms with E-state index in [1.165, 1.54) is 0 Å². The van der Waals surface area contributed by atoms with Crippen LogP contribution in [0.4, 0.5) is 5.69 Å². The number of benzene rings is 2. The average Bonchev–Trinajstić information content (AvgIpc) is 2.52. The first-order chi connectivity index (χ1) is 11.0. The van der Waals surface area contributed by atoms with Gasteiger partial charge in [-0.05, 0) is 78.7 Å². The first kappa shape index (κ1) is 17.3. The maximum Gasteiger partial charge on any atom is 0.265 e. The predicted molar refractivity (Wildman–Crippen MR) is 95.2 cm³/mol. The van der Waals surface area contributed by atoms with E-state index in [4.69, 9.17) is 9.47 Å². The lowest BCUT2D eigenvalue weighted by molar-refractivity contribution is -0.122. The topological polar surface area (TPSA) is 47.6 Å². The van der Waals surface area contributed by atoms with Crippen LogP contribution in [0.15, 0.2) is 46.9 Å². The molecule has 1 atom stereocenters. The van der Waals surface area contributed by atoms with Crippen molar-refractivity contribution in [1.29, 1.82) is 0 Å². The van der Waals surface area contributed by atoms with Crippen LogP contribution in [0, 0.1) is 6.92 Å². The molecule has 1 amide bonds. The van der Waals surface area contributed by atoms with Gasteiger partial charge in [0.1, 0.15) is 11.5 Å². The van der Waals surface area contributed by atoms with Crippen LogP contribution in [0.1, 0.15) is 19.4 Å². The van der Waals surface area contributed by atoms with Gasteiger partial charge in [-0.15, -0.1) is 0 Å². The maximum absolute atomic E-state index is 12.2. The number of carbonyl (C=O) groups is 1. The molecule has 0 aliphatic rings. The Morgan fingerprint density at radius 2 is 1.91 bits per heavy atom. The second-order valence-corrected chi connectivity index (χ2v) is 5.99. The van der Waals surface area contributed by atoms with E-state index in [1.54, 1.807) is 19.1 Å². The van der Waals surface area contributed by atoms with Crippen LogP contribution in [0.3, 0.4) is 0 Å². The lowest BCUT2D eigenvalue weighted by atomic mass is 10.2. The Kier molecular flexibility index (Phi) is 6.04. The number of anilines is 1. The Morgan fingerprint density at radius 3 is 2.52 bits per heavy atom. The second-order valence-electron chi connectivity index (χ2n) is 5.14. The van der Waals surface area contributed by atoms with Gasteiger partial charge in [0.25, 0.3) is 5.91 Å². The molecule has 0 spiro atoms. The van der Waals surface area contributed by atoms with Crippen LogP contribution in [-0.2, 0) is 4.79 Å². The average molecular weight is 378 g/mol. The van der Waals surface area contributed by atoms with Crippen LogP contribution in [0.2, 0.25) is 0 Å². The van der Waals surface area contributed by atoms with Crippen molar-refractivity contribution in [2.24, 2.45) is 0 Å². The number of nitrogens with one attached hydrogen (secondary N) is 1. The third-order valence-corrected chi connectivity index (χ3v) is 3.81. The Morgan fingerprint density at radius 1 is 1.22 bits per heavy atom. The van der Waals surface area contributed by atoms with Crippen LogP contribution < -0.4 is 14.8 Å². The summed E-state index contributed by atoms with van der Waals surface area (Å²) in [4.78, 5) is 12.2. The molecule has 122 valence electrons. The number of hydrogen-bond donors (Lipinski definition) is 1. The number of rotatable bonds is 6. The van der Waals surface area contributed by atoms with Gasteiger partial charge in [0, 0.05) is 5.69 Å². The maximum atomic E-state index is 12.2. The molecule has 0 saturated heterocycles. The fourth-order valence-corrected chi connectivity index (χ4v) is 2.58. The summed E-state index contributed by atoms with van der Waals surface area (Å²) in [6.45, 7) is 6.26. The molecule has 0 aliphatic carbocycles. The SMILES string of the molecule is CCOc1ccc(NC(=O)C(C)Oc2ccc(C)cc2Br)cc1. The molecular formula is C18H20BrNO3. The van der Waals surface area contributed by atoms with Crippen LogP contribution in [0.25, 0.3) is 0 Å². The van der Waals surface area contributed by atoms with Crippen molar-refractivity contribution in [2.75, 3.05) is 11.9 Å². The summed E-state index contributed by atoms with van der Waals surface area (Å²) in [5.74, 6) is 1.21. The Balaban J connectivity index is 1.96. The minimum atomic E-state index is -0.611. The molecule has 2 aromatic carbocycles. The van der Waals surface area contributed by atoms with Crippen molar-refractivity contribution in [1.82, 2.24) is 0 Å². The molecule has 0 radical (unpaired) electrons. The highest BCUT2D eigenvalue weighted by molar-refractivity contribution is 9.10. The van der Waals surface area contributed by atoms with Crippen molar-refractivity contribution >= 4 is 27.5 Å². The van der Waals surface area contributed by atoms with Gasteiger partial charge in [-0.2, -0.15) is 0 Å². The smallest absolute Gasteiger partial charge is 0.265 e. The molecule has 23 heavy (non-hydrogen) atoms. The van der Waals surface area contributed by atoms with Crippen molar-refractivity contribution in [3.8, 4) is 11.5 Å². The number of aryl methyl sites for hydroxylation is 1. The highest BCUT2D eigenvalue weighted by Crippen LogP contribution is 2.27. The van der Waals surface area contributed by atoms with Gasteiger partial charge in [-0.25, -0.2) is 0 Å². The van der Waals surface area contributed by atoms with Gasteiger partial charge in [0.05, 0.1) is 11.1 Å². The summed E-state index contributed by atoms with van der Waals surface area (Å²) in [6.07, 6.45) is -0.611. The van der Waals surface area contributed by atoms with Crippen molar-refractivity contribution < 1.29 is 14.3 Å². The third kappa shape index (κ3) is 4.99. The molecule has 0 bridgehead atoms. The van der Waals surface area contributed by atoms with Gasteiger partial charge in [-0.3, -0.25) is 4.79 Å². The molecule has 0 heterocycles. The van der Waals surface area contributed by atoms with Gasteiger partial charge in [0.2, 0.25) is 0 Å². The van der Waals surface area contributed by atoms with Crippen LogP contribution in [0.5, 0.6) is 11.5 Å². The normalized spacial score (nSPS) is 11.7. The van der Waals surface area contributed by atoms with E-state index in [0.29, 0.717) is 18.0 Å². The van der Waals surface area contributed by atoms with E-state index >= 15 is 0 Å². The first-order valence-corrected chi connectivity index (χ1v) is 8.25. The third-order valence-electron chi connectivity index (χ3n) is 3.19. The summed E-state index contributed by atoms with van der Waals surface area (Å²) < 4.78 is 11.9. The molecule has 2 aromatic rings. The standard InChI is InChI=1S/C18H20BrNO3/c1-4-22-15-8-6-14(7-9-15)20-18(21)13(3)23-17-10-5-12(2)11-16(17)19/h5-11,13H,4H2,1-3H3,(H,20,21). The largest absolute Gasteiger partial charge is 0.494 e. The van der Waals surface area contributed by atoms with Gasteiger partial charge in [-0.1, -0.05) is 6.07 Å². The summed E-state index contributed by atoms with van der Waals surface area (Å²) in [6, 6.07) is 13.0. The summed E-state index contributed by atoms with van der Waals surface area (Å²) in [7, 11) is 0. The minimum absolute atomic E-state index is 0.207. The molecule has 0 aromatic heterocycles. The van der Waals surface area contributed by atoms with E-state index in [9.17, 15) is 4.79 Å². The summed E-state index contributed by atoms with van der Waals surface area (Å²) in [5, 5.41) is 2.83. The molecule has 4 nitrogen and oxygen atoms in total. The molecular weight excluding hydrogens is 358 g/mol. The van der Waals surface area contributed by atoms with Crippen molar-refractivity contribution in [3.63, 3.8) is 0 Å². The Bertz CT molecular complexity index is 670. The van der Waals surface area contributed by atoms with Crippen LogP contribution in [-0.4, -0.2) is 18.6 Å². The fraction of sp³-hybridized carbons (Fsp3) is 0.278. The van der Waals surface area contributed by atoms with Crippen molar-refractivity contribution in [3.05, 3.63) is 52.5 Å². The number of ether oxygens (including phenoxy) is 2. The highest BCUT2D eigenvalue weighted by atomic mass is 79.9. The molecule has 1 N–H and O–H groups in total. The lowest BCUT2D eigenvalue weighted by Gasteiger charge is -2.16. The Hall–Kier alpha value is -2.01. The molecule has 5 heteroatoms. The molecule has 0 aliphatic heterocycles. The fourth-order valence-electron chi connectivity index (χ4n) is 1.99. The first-order valence-electron chi connectivity index (χ1n) is 7.46.